The molecule has 0 aromatic rings. The number of rotatable bonds is 8. The van der Waals surface area contributed by atoms with Crippen LogP contribution in [0.4, 0.5) is 0 Å². The van der Waals surface area contributed by atoms with Crippen molar-refractivity contribution in [1.82, 2.24) is 5.32 Å². The average Bonchev–Trinajstić information content (AvgIpc) is 2.23. The van der Waals surface area contributed by atoms with Gasteiger partial charge in [0.15, 0.2) is 0 Å². The molecule has 0 saturated heterocycles. The highest BCUT2D eigenvalue weighted by molar-refractivity contribution is 4.79. The third kappa shape index (κ3) is 5.58. The number of aliphatic hydroxyl groups is 2. The van der Waals surface area contributed by atoms with E-state index in [1.165, 1.54) is 0 Å². The van der Waals surface area contributed by atoms with Crippen LogP contribution in [0.5, 0.6) is 0 Å². The highest BCUT2D eigenvalue weighted by atomic mass is 16.3. The highest BCUT2D eigenvalue weighted by Gasteiger charge is 2.21. The average molecular weight is 203 g/mol. The fraction of sp³-hybridized carbons (Fsp3) is 1.00. The summed E-state index contributed by atoms with van der Waals surface area (Å²) in [5.41, 5.74) is -0.562. The van der Waals surface area contributed by atoms with Crippen molar-refractivity contribution in [3.8, 4) is 0 Å². The number of aliphatic hydroxyl groups excluding tert-OH is 1. The van der Waals surface area contributed by atoms with Gasteiger partial charge in [0.1, 0.15) is 0 Å². The van der Waals surface area contributed by atoms with Crippen LogP contribution in [0.15, 0.2) is 0 Å². The summed E-state index contributed by atoms with van der Waals surface area (Å²) in [5, 5.41) is 21.9. The van der Waals surface area contributed by atoms with E-state index in [1.807, 2.05) is 13.8 Å². The van der Waals surface area contributed by atoms with Gasteiger partial charge in [-0.3, -0.25) is 0 Å². The molecule has 0 aliphatic carbocycles. The van der Waals surface area contributed by atoms with Gasteiger partial charge in [0.2, 0.25) is 0 Å². The second-order valence-corrected chi connectivity index (χ2v) is 4.08. The molecule has 14 heavy (non-hydrogen) atoms. The molecule has 86 valence electrons. The maximum Gasteiger partial charge on any atom is 0.0766 e. The van der Waals surface area contributed by atoms with Crippen molar-refractivity contribution >= 4 is 0 Å². The monoisotopic (exact) mass is 203 g/mol. The molecule has 0 amide bonds. The normalized spacial score (nSPS) is 14.4. The lowest BCUT2D eigenvalue weighted by Crippen LogP contribution is -2.42. The van der Waals surface area contributed by atoms with Crippen LogP contribution in [-0.2, 0) is 0 Å². The van der Waals surface area contributed by atoms with Crippen LogP contribution in [-0.4, -0.2) is 35.0 Å². The number of hydrogen-bond donors (Lipinski definition) is 3. The van der Waals surface area contributed by atoms with Gasteiger partial charge in [-0.1, -0.05) is 13.8 Å². The molecule has 1 atom stereocenters. The summed E-state index contributed by atoms with van der Waals surface area (Å²) in [6.07, 6.45) is 3.34. The Bertz CT molecular complexity index is 135. The first-order valence-corrected chi connectivity index (χ1v) is 5.64. The van der Waals surface area contributed by atoms with Crippen LogP contribution < -0.4 is 5.32 Å². The van der Waals surface area contributed by atoms with Gasteiger partial charge in [-0.25, -0.2) is 0 Å². The van der Waals surface area contributed by atoms with Gasteiger partial charge in [-0.05, 0) is 32.6 Å². The molecule has 0 aromatic carbocycles. The fourth-order valence-corrected chi connectivity index (χ4v) is 1.36. The van der Waals surface area contributed by atoms with E-state index < -0.39 is 5.60 Å². The second-order valence-electron chi connectivity index (χ2n) is 4.08. The van der Waals surface area contributed by atoms with E-state index in [2.05, 4.69) is 12.2 Å². The van der Waals surface area contributed by atoms with Crippen molar-refractivity contribution < 1.29 is 10.2 Å². The van der Waals surface area contributed by atoms with E-state index in [-0.39, 0.29) is 6.61 Å². The molecule has 0 radical (unpaired) electrons. The molecule has 0 rings (SSSR count). The van der Waals surface area contributed by atoms with Crippen LogP contribution in [0.2, 0.25) is 0 Å². The molecule has 0 spiro atoms. The Labute approximate surface area is 87.5 Å². The van der Waals surface area contributed by atoms with Crippen molar-refractivity contribution in [2.75, 3.05) is 13.2 Å². The van der Waals surface area contributed by atoms with Crippen LogP contribution in [0, 0.1) is 0 Å². The summed E-state index contributed by atoms with van der Waals surface area (Å²) >= 11 is 0. The van der Waals surface area contributed by atoms with Gasteiger partial charge in [0.05, 0.1) is 5.60 Å². The van der Waals surface area contributed by atoms with Crippen molar-refractivity contribution in [3.05, 3.63) is 0 Å². The van der Waals surface area contributed by atoms with Crippen LogP contribution >= 0.6 is 0 Å². The molecule has 0 heterocycles. The third-order valence-corrected chi connectivity index (χ3v) is 2.89. The summed E-state index contributed by atoms with van der Waals surface area (Å²) < 4.78 is 0. The minimum atomic E-state index is -0.562. The molecule has 0 saturated carbocycles. The highest BCUT2D eigenvalue weighted by Crippen LogP contribution is 2.13. The minimum absolute atomic E-state index is 0.248. The molecule has 3 heteroatoms. The largest absolute Gasteiger partial charge is 0.396 e. The van der Waals surface area contributed by atoms with E-state index in [9.17, 15) is 5.11 Å². The first kappa shape index (κ1) is 13.9. The van der Waals surface area contributed by atoms with Crippen LogP contribution in [0.25, 0.3) is 0 Å². The van der Waals surface area contributed by atoms with Gasteiger partial charge in [-0.2, -0.15) is 0 Å². The van der Waals surface area contributed by atoms with Crippen molar-refractivity contribution in [2.45, 2.75) is 58.1 Å². The summed E-state index contributed by atoms with van der Waals surface area (Å²) in [6.45, 7) is 6.99. The SMILES string of the molecule is CCC(O)(CC)CNC(C)CCCO. The Morgan fingerprint density at radius 2 is 1.86 bits per heavy atom. The first-order valence-electron chi connectivity index (χ1n) is 5.64. The summed E-state index contributed by atoms with van der Waals surface area (Å²) in [7, 11) is 0. The standard InChI is InChI=1S/C11H25NO2/c1-4-11(14,5-2)9-12-10(3)7-6-8-13/h10,12-14H,4-9H2,1-3H3. The molecular formula is C11H25NO2. The quantitative estimate of drug-likeness (QED) is 0.557. The molecule has 3 nitrogen and oxygen atoms in total. The lowest BCUT2D eigenvalue weighted by atomic mass is 9.97. The zero-order valence-electron chi connectivity index (χ0n) is 9.71. The summed E-state index contributed by atoms with van der Waals surface area (Å²) in [5.74, 6) is 0. The summed E-state index contributed by atoms with van der Waals surface area (Å²) in [4.78, 5) is 0. The lowest BCUT2D eigenvalue weighted by Gasteiger charge is -2.27. The van der Waals surface area contributed by atoms with E-state index in [1.54, 1.807) is 0 Å². The Balaban J connectivity index is 3.68. The van der Waals surface area contributed by atoms with E-state index in [0.29, 0.717) is 12.6 Å². The molecule has 0 fully saturated rings. The molecule has 1 unspecified atom stereocenters. The maximum atomic E-state index is 9.99. The third-order valence-electron chi connectivity index (χ3n) is 2.89. The predicted octanol–water partition coefficient (Wildman–Crippen LogP) is 1.29. The van der Waals surface area contributed by atoms with Gasteiger partial charge < -0.3 is 15.5 Å². The molecule has 0 aromatic heterocycles. The van der Waals surface area contributed by atoms with Crippen molar-refractivity contribution in [1.29, 1.82) is 0 Å². The van der Waals surface area contributed by atoms with Gasteiger partial charge in [0, 0.05) is 19.2 Å². The maximum absolute atomic E-state index is 9.99. The minimum Gasteiger partial charge on any atom is -0.396 e. The Hall–Kier alpha value is -0.120. The summed E-state index contributed by atoms with van der Waals surface area (Å²) in [6, 6.07) is 0.367. The van der Waals surface area contributed by atoms with Crippen molar-refractivity contribution in [2.24, 2.45) is 0 Å². The number of nitrogens with one attached hydrogen (secondary N) is 1. The van der Waals surface area contributed by atoms with Crippen LogP contribution in [0.1, 0.15) is 46.5 Å². The Morgan fingerprint density at radius 3 is 2.29 bits per heavy atom. The molecular weight excluding hydrogens is 178 g/mol. The zero-order chi connectivity index (χ0) is 11.0. The molecule has 0 bridgehead atoms. The van der Waals surface area contributed by atoms with E-state index in [0.717, 1.165) is 25.7 Å². The Morgan fingerprint density at radius 1 is 1.29 bits per heavy atom. The molecule has 0 aliphatic heterocycles. The van der Waals surface area contributed by atoms with Crippen LogP contribution in [0.3, 0.4) is 0 Å². The van der Waals surface area contributed by atoms with Gasteiger partial charge in [-0.15, -0.1) is 0 Å². The van der Waals surface area contributed by atoms with Crippen molar-refractivity contribution in [3.63, 3.8) is 0 Å². The topological polar surface area (TPSA) is 52.5 Å². The lowest BCUT2D eigenvalue weighted by molar-refractivity contribution is 0.0299. The Kier molecular flexibility index (Phi) is 7.15. The fourth-order valence-electron chi connectivity index (χ4n) is 1.36. The molecule has 3 N–H and O–H groups in total. The van der Waals surface area contributed by atoms with E-state index >= 15 is 0 Å². The van der Waals surface area contributed by atoms with Gasteiger partial charge in [0.25, 0.3) is 0 Å². The second kappa shape index (κ2) is 7.21. The first-order chi connectivity index (χ1) is 6.58. The van der Waals surface area contributed by atoms with Gasteiger partial charge >= 0.3 is 0 Å². The smallest absolute Gasteiger partial charge is 0.0766 e. The predicted molar refractivity (Wildman–Crippen MR) is 59.3 cm³/mol. The zero-order valence-corrected chi connectivity index (χ0v) is 9.71. The molecule has 0 aliphatic rings. The number of hydrogen-bond acceptors (Lipinski definition) is 3. The van der Waals surface area contributed by atoms with E-state index in [4.69, 9.17) is 5.11 Å².